The summed E-state index contributed by atoms with van der Waals surface area (Å²) >= 11 is 0. The maximum atomic E-state index is 9.40. The Labute approximate surface area is 105 Å². The predicted molar refractivity (Wildman–Crippen MR) is 72.3 cm³/mol. The number of fused-ring (bicyclic) bond motifs is 1. The summed E-state index contributed by atoms with van der Waals surface area (Å²) in [6.07, 6.45) is 0. The van der Waals surface area contributed by atoms with Gasteiger partial charge in [0, 0.05) is 16.5 Å². The van der Waals surface area contributed by atoms with Crippen molar-refractivity contribution >= 4 is 11.0 Å². The van der Waals surface area contributed by atoms with Gasteiger partial charge in [-0.2, -0.15) is 0 Å². The molecule has 0 bridgehead atoms. The Kier molecular flexibility index (Phi) is 2.65. The lowest BCUT2D eigenvalue weighted by atomic mass is 10.0. The first-order chi connectivity index (χ1) is 8.81. The Hall–Kier alpha value is -2.06. The van der Waals surface area contributed by atoms with Crippen LogP contribution in [0.3, 0.4) is 0 Å². The average Bonchev–Trinajstić information content (AvgIpc) is 2.76. The van der Waals surface area contributed by atoms with Crippen LogP contribution in [0, 0.1) is 6.92 Å². The fraction of sp³-hybridized carbons (Fsp3) is 0.125. The van der Waals surface area contributed by atoms with Crippen molar-refractivity contribution in [3.63, 3.8) is 0 Å². The number of hydrogen-bond acceptors (Lipinski definition) is 2. The summed E-state index contributed by atoms with van der Waals surface area (Å²) in [5.74, 6) is 0.848. The van der Waals surface area contributed by atoms with E-state index in [1.807, 2.05) is 42.5 Å². The van der Waals surface area contributed by atoms with Crippen LogP contribution in [-0.4, -0.2) is 5.11 Å². The lowest BCUT2D eigenvalue weighted by molar-refractivity contribution is 0.282. The summed E-state index contributed by atoms with van der Waals surface area (Å²) in [5, 5.41) is 10.5. The van der Waals surface area contributed by atoms with Crippen molar-refractivity contribution in [1.29, 1.82) is 0 Å². The molecule has 0 spiro atoms. The normalized spacial score (nSPS) is 11.0. The van der Waals surface area contributed by atoms with Gasteiger partial charge in [-0.05, 0) is 18.6 Å². The van der Waals surface area contributed by atoms with Crippen LogP contribution < -0.4 is 0 Å². The molecule has 90 valence electrons. The molecule has 3 aromatic rings. The van der Waals surface area contributed by atoms with Gasteiger partial charge in [-0.3, -0.25) is 0 Å². The SMILES string of the molecule is Cc1c(-c2ccccc2CO)oc2ccccc12. The molecule has 0 amide bonds. The zero-order valence-corrected chi connectivity index (χ0v) is 10.2. The highest BCUT2D eigenvalue weighted by Crippen LogP contribution is 2.34. The van der Waals surface area contributed by atoms with E-state index in [4.69, 9.17) is 4.42 Å². The summed E-state index contributed by atoms with van der Waals surface area (Å²) in [6.45, 7) is 2.07. The standard InChI is InChI=1S/C16H14O2/c1-11-13-7-4-5-9-15(13)18-16(11)14-8-3-2-6-12(14)10-17/h2-9,17H,10H2,1H3. The Morgan fingerprint density at radius 1 is 1.00 bits per heavy atom. The summed E-state index contributed by atoms with van der Waals surface area (Å²) < 4.78 is 5.92. The Balaban J connectivity index is 2.28. The molecule has 2 nitrogen and oxygen atoms in total. The minimum atomic E-state index is 0.0205. The van der Waals surface area contributed by atoms with Gasteiger partial charge in [0.25, 0.3) is 0 Å². The minimum Gasteiger partial charge on any atom is -0.456 e. The fourth-order valence-electron chi connectivity index (χ4n) is 2.31. The second-order valence-corrected chi connectivity index (χ2v) is 4.37. The van der Waals surface area contributed by atoms with Crippen LogP contribution in [0.1, 0.15) is 11.1 Å². The molecule has 0 radical (unpaired) electrons. The van der Waals surface area contributed by atoms with E-state index in [9.17, 15) is 5.11 Å². The number of aliphatic hydroxyl groups is 1. The van der Waals surface area contributed by atoms with Crippen LogP contribution in [-0.2, 0) is 6.61 Å². The highest BCUT2D eigenvalue weighted by atomic mass is 16.3. The molecule has 0 saturated heterocycles. The zero-order chi connectivity index (χ0) is 12.5. The van der Waals surface area contributed by atoms with Gasteiger partial charge in [0.1, 0.15) is 11.3 Å². The molecule has 1 aromatic heterocycles. The third-order valence-electron chi connectivity index (χ3n) is 3.28. The second kappa shape index (κ2) is 4.31. The smallest absolute Gasteiger partial charge is 0.138 e. The van der Waals surface area contributed by atoms with Crippen molar-refractivity contribution in [2.24, 2.45) is 0 Å². The number of benzene rings is 2. The maximum Gasteiger partial charge on any atom is 0.138 e. The number of para-hydroxylation sites is 1. The average molecular weight is 238 g/mol. The molecule has 1 N–H and O–H groups in total. The van der Waals surface area contributed by atoms with Crippen LogP contribution in [0.4, 0.5) is 0 Å². The predicted octanol–water partition coefficient (Wildman–Crippen LogP) is 3.90. The highest BCUT2D eigenvalue weighted by Gasteiger charge is 2.14. The maximum absolute atomic E-state index is 9.40. The summed E-state index contributed by atoms with van der Waals surface area (Å²) in [4.78, 5) is 0. The van der Waals surface area contributed by atoms with Gasteiger partial charge >= 0.3 is 0 Å². The first-order valence-corrected chi connectivity index (χ1v) is 5.98. The molecule has 18 heavy (non-hydrogen) atoms. The van der Waals surface area contributed by atoms with Crippen LogP contribution in [0.5, 0.6) is 0 Å². The fourth-order valence-corrected chi connectivity index (χ4v) is 2.31. The number of aryl methyl sites for hydroxylation is 1. The van der Waals surface area contributed by atoms with Crippen molar-refractivity contribution in [3.05, 3.63) is 59.7 Å². The Bertz CT molecular complexity index is 695. The minimum absolute atomic E-state index is 0.0205. The van der Waals surface area contributed by atoms with Crippen molar-refractivity contribution < 1.29 is 9.52 Å². The molecule has 2 aromatic carbocycles. The third kappa shape index (κ3) is 1.62. The van der Waals surface area contributed by atoms with Gasteiger partial charge in [0.2, 0.25) is 0 Å². The van der Waals surface area contributed by atoms with E-state index in [0.717, 1.165) is 33.4 Å². The van der Waals surface area contributed by atoms with E-state index in [-0.39, 0.29) is 6.61 Å². The number of furan rings is 1. The van der Waals surface area contributed by atoms with Gasteiger partial charge in [-0.1, -0.05) is 42.5 Å². The largest absolute Gasteiger partial charge is 0.456 e. The summed E-state index contributed by atoms with van der Waals surface area (Å²) in [6, 6.07) is 15.8. The highest BCUT2D eigenvalue weighted by molar-refractivity contribution is 5.88. The Morgan fingerprint density at radius 2 is 1.72 bits per heavy atom. The first kappa shape index (κ1) is 11.1. The molecular weight excluding hydrogens is 224 g/mol. The van der Waals surface area contributed by atoms with E-state index in [0.29, 0.717) is 0 Å². The van der Waals surface area contributed by atoms with Gasteiger partial charge in [0.05, 0.1) is 6.61 Å². The van der Waals surface area contributed by atoms with Crippen molar-refractivity contribution in [2.45, 2.75) is 13.5 Å². The van der Waals surface area contributed by atoms with E-state index in [2.05, 4.69) is 13.0 Å². The molecule has 2 heteroatoms. The van der Waals surface area contributed by atoms with Gasteiger partial charge in [-0.15, -0.1) is 0 Å². The van der Waals surface area contributed by atoms with Crippen LogP contribution in [0.15, 0.2) is 52.9 Å². The van der Waals surface area contributed by atoms with Gasteiger partial charge in [-0.25, -0.2) is 0 Å². The molecule has 0 atom stereocenters. The molecule has 0 aliphatic carbocycles. The summed E-state index contributed by atoms with van der Waals surface area (Å²) in [7, 11) is 0. The molecule has 0 unspecified atom stereocenters. The van der Waals surface area contributed by atoms with E-state index < -0.39 is 0 Å². The van der Waals surface area contributed by atoms with Crippen LogP contribution in [0.2, 0.25) is 0 Å². The van der Waals surface area contributed by atoms with Crippen molar-refractivity contribution in [3.8, 4) is 11.3 Å². The number of hydrogen-bond donors (Lipinski definition) is 1. The third-order valence-corrected chi connectivity index (χ3v) is 3.28. The first-order valence-electron chi connectivity index (χ1n) is 5.98. The lowest BCUT2D eigenvalue weighted by Crippen LogP contribution is -1.88. The molecule has 1 heterocycles. The van der Waals surface area contributed by atoms with Gasteiger partial charge in [0.15, 0.2) is 0 Å². The Morgan fingerprint density at radius 3 is 2.50 bits per heavy atom. The van der Waals surface area contributed by atoms with Crippen molar-refractivity contribution in [1.82, 2.24) is 0 Å². The van der Waals surface area contributed by atoms with Gasteiger partial charge < -0.3 is 9.52 Å². The molecule has 0 saturated carbocycles. The number of aliphatic hydroxyl groups excluding tert-OH is 1. The lowest BCUT2D eigenvalue weighted by Gasteiger charge is -2.04. The molecule has 0 aliphatic rings. The van der Waals surface area contributed by atoms with E-state index >= 15 is 0 Å². The van der Waals surface area contributed by atoms with Crippen LogP contribution >= 0.6 is 0 Å². The quantitative estimate of drug-likeness (QED) is 0.734. The van der Waals surface area contributed by atoms with Crippen LogP contribution in [0.25, 0.3) is 22.3 Å². The van der Waals surface area contributed by atoms with E-state index in [1.165, 1.54) is 0 Å². The number of rotatable bonds is 2. The summed E-state index contributed by atoms with van der Waals surface area (Å²) in [5.41, 5.74) is 3.86. The molecule has 0 aliphatic heterocycles. The molecule has 0 fully saturated rings. The van der Waals surface area contributed by atoms with Crippen molar-refractivity contribution in [2.75, 3.05) is 0 Å². The monoisotopic (exact) mass is 238 g/mol. The molecular formula is C16H14O2. The topological polar surface area (TPSA) is 33.4 Å². The zero-order valence-electron chi connectivity index (χ0n) is 10.2. The second-order valence-electron chi connectivity index (χ2n) is 4.37. The van der Waals surface area contributed by atoms with E-state index in [1.54, 1.807) is 0 Å². The molecule has 3 rings (SSSR count).